The van der Waals surface area contributed by atoms with Crippen LogP contribution in [0.25, 0.3) is 0 Å². The van der Waals surface area contributed by atoms with Gasteiger partial charge in [0.05, 0.1) is 34.6 Å². The fourth-order valence-corrected chi connectivity index (χ4v) is 5.24. The van der Waals surface area contributed by atoms with Crippen LogP contribution in [0, 0.1) is 0 Å². The molecule has 1 N–H and O–H groups in total. The first-order valence-electron chi connectivity index (χ1n) is 8.86. The van der Waals surface area contributed by atoms with Gasteiger partial charge in [0.2, 0.25) is 15.9 Å². The van der Waals surface area contributed by atoms with E-state index in [1.54, 1.807) is 12.1 Å². The topological polar surface area (TPSA) is 75.7 Å². The molecule has 0 atom stereocenters. The number of hydrogen-bond acceptors (Lipinski definition) is 5. The molecule has 3 rings (SSSR count). The van der Waals surface area contributed by atoms with E-state index < -0.39 is 10.0 Å². The maximum absolute atomic E-state index is 12.8. The Balaban J connectivity index is 1.61. The Morgan fingerprint density at radius 3 is 2.48 bits per heavy atom. The van der Waals surface area contributed by atoms with Crippen molar-refractivity contribution in [2.75, 3.05) is 37.4 Å². The van der Waals surface area contributed by atoms with Crippen LogP contribution in [0.5, 0.6) is 0 Å². The maximum Gasteiger partial charge on any atom is 0.243 e. The molecule has 0 saturated carbocycles. The summed E-state index contributed by atoms with van der Waals surface area (Å²) in [4.78, 5) is 12.4. The van der Waals surface area contributed by atoms with Gasteiger partial charge in [-0.15, -0.1) is 11.8 Å². The van der Waals surface area contributed by atoms with Crippen molar-refractivity contribution in [1.29, 1.82) is 0 Å². The molecule has 0 aliphatic carbocycles. The van der Waals surface area contributed by atoms with E-state index >= 15 is 0 Å². The summed E-state index contributed by atoms with van der Waals surface area (Å²) < 4.78 is 32.2. The fraction of sp³-hybridized carbons (Fsp3) is 0.316. The largest absolute Gasteiger partial charge is 0.379 e. The molecule has 2 aromatic carbocycles. The Hall–Kier alpha value is -1.29. The minimum absolute atomic E-state index is 0.0907. The molecule has 2 aromatic rings. The number of morpholine rings is 1. The Kier molecular flexibility index (Phi) is 7.84. The number of ether oxygens (including phenoxy) is 1. The maximum atomic E-state index is 12.8. The monoisotopic (exact) mass is 474 g/mol. The molecule has 0 radical (unpaired) electrons. The normalized spacial score (nSPS) is 15.2. The van der Waals surface area contributed by atoms with Crippen molar-refractivity contribution in [3.05, 3.63) is 58.1 Å². The van der Waals surface area contributed by atoms with Crippen molar-refractivity contribution in [1.82, 2.24) is 4.31 Å². The van der Waals surface area contributed by atoms with Gasteiger partial charge in [0.1, 0.15) is 0 Å². The number of nitrogens with zero attached hydrogens (tertiary/aromatic N) is 1. The summed E-state index contributed by atoms with van der Waals surface area (Å²) in [6, 6.07) is 11.7. The number of amides is 1. The summed E-state index contributed by atoms with van der Waals surface area (Å²) in [7, 11) is -3.67. The highest BCUT2D eigenvalue weighted by Gasteiger charge is 2.27. The number of nitrogens with one attached hydrogen (secondary N) is 1. The lowest BCUT2D eigenvalue weighted by atomic mass is 10.2. The van der Waals surface area contributed by atoms with Crippen LogP contribution in [0.15, 0.2) is 47.4 Å². The summed E-state index contributed by atoms with van der Waals surface area (Å²) in [6.45, 7) is 1.32. The van der Waals surface area contributed by atoms with Crippen molar-refractivity contribution < 1.29 is 17.9 Å². The molecule has 6 nitrogen and oxygen atoms in total. The molecule has 1 heterocycles. The molecular weight excluding hydrogens is 455 g/mol. The quantitative estimate of drug-likeness (QED) is 0.658. The van der Waals surface area contributed by atoms with Gasteiger partial charge in [-0.05, 0) is 35.9 Å². The lowest BCUT2D eigenvalue weighted by Gasteiger charge is -2.26. The number of carbonyl (C=O) groups excluding carboxylic acids is 1. The average Bonchev–Trinajstić information content (AvgIpc) is 2.71. The number of anilines is 1. The third kappa shape index (κ3) is 6.10. The van der Waals surface area contributed by atoms with Crippen LogP contribution < -0.4 is 5.32 Å². The van der Waals surface area contributed by atoms with Crippen LogP contribution >= 0.6 is 35.0 Å². The molecule has 0 bridgehead atoms. The van der Waals surface area contributed by atoms with Crippen molar-refractivity contribution >= 4 is 56.6 Å². The van der Waals surface area contributed by atoms with Crippen LogP contribution in [0.4, 0.5) is 5.69 Å². The molecule has 10 heteroatoms. The van der Waals surface area contributed by atoms with Gasteiger partial charge in [0, 0.05) is 23.9 Å². The number of thioether (sulfide) groups is 1. The molecule has 0 spiro atoms. The zero-order valence-electron chi connectivity index (χ0n) is 15.4. The van der Waals surface area contributed by atoms with Gasteiger partial charge in [0.25, 0.3) is 0 Å². The van der Waals surface area contributed by atoms with Gasteiger partial charge in [-0.25, -0.2) is 8.42 Å². The molecular formula is C19H20Cl2N2O4S2. The predicted octanol–water partition coefficient (Wildman–Crippen LogP) is 3.89. The third-order valence-electron chi connectivity index (χ3n) is 4.23. The van der Waals surface area contributed by atoms with E-state index in [4.69, 9.17) is 27.9 Å². The van der Waals surface area contributed by atoms with E-state index in [9.17, 15) is 13.2 Å². The predicted molar refractivity (Wildman–Crippen MR) is 117 cm³/mol. The van der Waals surface area contributed by atoms with Crippen molar-refractivity contribution in [2.24, 2.45) is 0 Å². The highest BCUT2D eigenvalue weighted by atomic mass is 35.5. The lowest BCUT2D eigenvalue weighted by Crippen LogP contribution is -2.40. The van der Waals surface area contributed by atoms with Crippen molar-refractivity contribution in [3.8, 4) is 0 Å². The van der Waals surface area contributed by atoms with E-state index in [1.807, 2.05) is 12.1 Å². The highest BCUT2D eigenvalue weighted by Crippen LogP contribution is 2.27. The average molecular weight is 475 g/mol. The first-order chi connectivity index (χ1) is 13.9. The van der Waals surface area contributed by atoms with Crippen LogP contribution in [0.3, 0.4) is 0 Å². The summed E-state index contributed by atoms with van der Waals surface area (Å²) in [5.41, 5.74) is 1.34. The van der Waals surface area contributed by atoms with Crippen molar-refractivity contribution in [3.63, 3.8) is 0 Å². The summed E-state index contributed by atoms with van der Waals surface area (Å²) >= 11 is 13.5. The molecule has 29 heavy (non-hydrogen) atoms. The lowest BCUT2D eigenvalue weighted by molar-refractivity contribution is -0.113. The van der Waals surface area contributed by atoms with E-state index in [-0.39, 0.29) is 27.3 Å². The molecule has 0 unspecified atom stereocenters. The summed E-state index contributed by atoms with van der Waals surface area (Å²) in [6.07, 6.45) is 0. The number of hydrogen-bond donors (Lipinski definition) is 1. The molecule has 1 amide bonds. The Morgan fingerprint density at radius 1 is 1.10 bits per heavy atom. The Bertz CT molecular complexity index is 963. The van der Waals surface area contributed by atoms with Crippen molar-refractivity contribution in [2.45, 2.75) is 10.6 Å². The van der Waals surface area contributed by atoms with Gasteiger partial charge in [-0.2, -0.15) is 4.31 Å². The van der Waals surface area contributed by atoms with Gasteiger partial charge in [0.15, 0.2) is 0 Å². The SMILES string of the molecule is O=C(CSCc1ccc(Cl)cc1)Nc1cc(S(=O)(=O)N2CCOCC2)ccc1Cl. The minimum atomic E-state index is -3.67. The molecule has 1 fully saturated rings. The Morgan fingerprint density at radius 2 is 1.79 bits per heavy atom. The zero-order valence-corrected chi connectivity index (χ0v) is 18.6. The highest BCUT2D eigenvalue weighted by molar-refractivity contribution is 7.99. The second-order valence-corrected chi connectivity index (χ2v) is 10.1. The third-order valence-corrected chi connectivity index (χ3v) is 7.71. The standard InChI is InChI=1S/C19H20Cl2N2O4S2/c20-15-3-1-14(2-4-15)12-28-13-19(24)22-18-11-16(5-6-17(18)21)29(25,26)23-7-9-27-10-8-23/h1-6,11H,7-10,12-13H2,(H,22,24). The summed E-state index contributed by atoms with van der Waals surface area (Å²) in [5, 5.41) is 3.65. The molecule has 156 valence electrons. The van der Waals surface area contributed by atoms with E-state index in [0.717, 1.165) is 5.56 Å². The zero-order chi connectivity index (χ0) is 20.9. The van der Waals surface area contributed by atoms with Gasteiger partial charge >= 0.3 is 0 Å². The van der Waals surface area contributed by atoms with Crippen LogP contribution in [0.2, 0.25) is 10.0 Å². The van der Waals surface area contributed by atoms with Gasteiger partial charge < -0.3 is 10.1 Å². The van der Waals surface area contributed by atoms with Crippen LogP contribution in [-0.2, 0) is 25.3 Å². The number of rotatable bonds is 7. The van der Waals surface area contributed by atoms with E-state index in [2.05, 4.69) is 5.32 Å². The fourth-order valence-electron chi connectivity index (χ4n) is 2.73. The second-order valence-electron chi connectivity index (χ2n) is 6.33. The second kappa shape index (κ2) is 10.1. The first-order valence-corrected chi connectivity index (χ1v) is 12.2. The first kappa shape index (κ1) is 22.4. The molecule has 1 aliphatic heterocycles. The number of benzene rings is 2. The minimum Gasteiger partial charge on any atom is -0.379 e. The molecule has 1 aliphatic rings. The van der Waals surface area contributed by atoms with Gasteiger partial charge in [-0.3, -0.25) is 4.79 Å². The van der Waals surface area contributed by atoms with Crippen LogP contribution in [-0.4, -0.2) is 50.7 Å². The number of carbonyl (C=O) groups is 1. The Labute approximate surface area is 184 Å². The van der Waals surface area contributed by atoms with E-state index in [1.165, 1.54) is 34.3 Å². The number of sulfonamides is 1. The smallest absolute Gasteiger partial charge is 0.243 e. The van der Waals surface area contributed by atoms with E-state index in [0.29, 0.717) is 37.1 Å². The van der Waals surface area contributed by atoms with Gasteiger partial charge in [-0.1, -0.05) is 35.3 Å². The summed E-state index contributed by atoms with van der Waals surface area (Å²) in [5.74, 6) is 0.607. The van der Waals surface area contributed by atoms with Crippen LogP contribution in [0.1, 0.15) is 5.56 Å². The molecule has 0 aromatic heterocycles. The molecule has 1 saturated heterocycles. The number of halogens is 2.